The monoisotopic (exact) mass is 192 g/mol. The van der Waals surface area contributed by atoms with E-state index in [1.807, 2.05) is 19.9 Å². The molecule has 1 rings (SSSR count). The molecule has 0 aliphatic carbocycles. The molecule has 3 heteroatoms. The van der Waals surface area contributed by atoms with Crippen LogP contribution in [0.2, 0.25) is 0 Å². The van der Waals surface area contributed by atoms with Crippen LogP contribution in [0, 0.1) is 0 Å². The highest BCUT2D eigenvalue weighted by Crippen LogP contribution is 2.18. The number of carbonyl (C=O) groups excluding carboxylic acids is 1. The summed E-state index contributed by atoms with van der Waals surface area (Å²) in [7, 11) is 0. The molecule has 1 aliphatic rings. The van der Waals surface area contributed by atoms with Gasteiger partial charge in [-0.25, -0.2) is 0 Å². The molecule has 0 aromatic heterocycles. The predicted octanol–water partition coefficient (Wildman–Crippen LogP) is 1.19. The lowest BCUT2D eigenvalue weighted by Crippen LogP contribution is -2.34. The van der Waals surface area contributed by atoms with Gasteiger partial charge in [0.1, 0.15) is 5.70 Å². The summed E-state index contributed by atoms with van der Waals surface area (Å²) in [5, 5.41) is 0. The average molecular weight is 192 g/mol. The van der Waals surface area contributed by atoms with E-state index in [1.165, 1.54) is 0 Å². The molecule has 0 radical (unpaired) electrons. The third-order valence-electron chi connectivity index (χ3n) is 2.23. The third kappa shape index (κ3) is 1.87. The minimum atomic E-state index is -0.0660. The van der Waals surface area contributed by atoms with Gasteiger partial charge >= 0.3 is 0 Å². The van der Waals surface area contributed by atoms with Crippen molar-refractivity contribution in [3.63, 3.8) is 0 Å². The second-order valence-corrected chi connectivity index (χ2v) is 3.56. The molecular formula is C11H16N2O. The molecule has 0 fully saturated rings. The standard InChI is InChI=1S/C11H16N2O/c1-4-5-6-9-7-13(8(2)3)11(14)10(9)12/h4-6,8H,1,7,12H2,2-3H3/b6-5-. The van der Waals surface area contributed by atoms with Gasteiger partial charge in [0.15, 0.2) is 0 Å². The first kappa shape index (κ1) is 10.6. The number of carbonyl (C=O) groups is 1. The number of nitrogens with two attached hydrogens (primary N) is 1. The van der Waals surface area contributed by atoms with Crippen molar-refractivity contribution in [1.82, 2.24) is 4.90 Å². The molecule has 0 spiro atoms. The van der Waals surface area contributed by atoms with E-state index in [1.54, 1.807) is 17.1 Å². The van der Waals surface area contributed by atoms with Crippen molar-refractivity contribution in [2.45, 2.75) is 19.9 Å². The molecule has 1 amide bonds. The van der Waals surface area contributed by atoms with Crippen LogP contribution in [0.3, 0.4) is 0 Å². The first-order valence-electron chi connectivity index (χ1n) is 4.66. The summed E-state index contributed by atoms with van der Waals surface area (Å²) in [6.45, 7) is 8.13. The fourth-order valence-corrected chi connectivity index (χ4v) is 1.38. The fourth-order valence-electron chi connectivity index (χ4n) is 1.38. The predicted molar refractivity (Wildman–Crippen MR) is 57.4 cm³/mol. The molecule has 0 aromatic rings. The summed E-state index contributed by atoms with van der Waals surface area (Å²) < 4.78 is 0. The van der Waals surface area contributed by atoms with Crippen molar-refractivity contribution in [2.24, 2.45) is 5.73 Å². The lowest BCUT2D eigenvalue weighted by atomic mass is 10.2. The highest BCUT2D eigenvalue weighted by molar-refractivity contribution is 5.96. The summed E-state index contributed by atoms with van der Waals surface area (Å²) in [6.07, 6.45) is 5.30. The van der Waals surface area contributed by atoms with Gasteiger partial charge in [-0.05, 0) is 13.8 Å². The largest absolute Gasteiger partial charge is 0.394 e. The summed E-state index contributed by atoms with van der Waals surface area (Å²) in [4.78, 5) is 13.4. The van der Waals surface area contributed by atoms with Crippen LogP contribution in [0.15, 0.2) is 36.1 Å². The summed E-state index contributed by atoms with van der Waals surface area (Å²) >= 11 is 0. The second-order valence-electron chi connectivity index (χ2n) is 3.56. The normalized spacial score (nSPS) is 17.6. The molecule has 0 unspecified atom stereocenters. The minimum Gasteiger partial charge on any atom is -0.394 e. The number of allylic oxidation sites excluding steroid dienone is 2. The third-order valence-corrected chi connectivity index (χ3v) is 2.23. The Morgan fingerprint density at radius 3 is 2.64 bits per heavy atom. The molecule has 14 heavy (non-hydrogen) atoms. The molecule has 1 heterocycles. The van der Waals surface area contributed by atoms with Gasteiger partial charge in [-0.1, -0.05) is 24.8 Å². The van der Waals surface area contributed by atoms with Crippen LogP contribution < -0.4 is 5.73 Å². The van der Waals surface area contributed by atoms with Crippen LogP contribution in [-0.2, 0) is 4.79 Å². The van der Waals surface area contributed by atoms with Crippen LogP contribution in [-0.4, -0.2) is 23.4 Å². The Hall–Kier alpha value is -1.51. The van der Waals surface area contributed by atoms with Crippen LogP contribution in [0.25, 0.3) is 0 Å². The Kier molecular flexibility index (Phi) is 3.12. The highest BCUT2D eigenvalue weighted by Gasteiger charge is 2.28. The van der Waals surface area contributed by atoms with Crippen molar-refractivity contribution in [3.8, 4) is 0 Å². The summed E-state index contributed by atoms with van der Waals surface area (Å²) in [5.41, 5.74) is 6.93. The van der Waals surface area contributed by atoms with E-state index in [2.05, 4.69) is 6.58 Å². The molecule has 0 aromatic carbocycles. The molecule has 3 nitrogen and oxygen atoms in total. The van der Waals surface area contributed by atoms with Gasteiger partial charge in [0, 0.05) is 18.2 Å². The fraction of sp³-hybridized carbons (Fsp3) is 0.364. The Balaban J connectivity index is 2.85. The first-order valence-corrected chi connectivity index (χ1v) is 4.66. The highest BCUT2D eigenvalue weighted by atomic mass is 16.2. The van der Waals surface area contributed by atoms with Gasteiger partial charge in [0.2, 0.25) is 0 Å². The zero-order valence-corrected chi connectivity index (χ0v) is 8.66. The van der Waals surface area contributed by atoms with Gasteiger partial charge < -0.3 is 10.6 Å². The Bertz CT molecular complexity index is 313. The van der Waals surface area contributed by atoms with Crippen LogP contribution >= 0.6 is 0 Å². The number of hydrogen-bond donors (Lipinski definition) is 1. The van der Waals surface area contributed by atoms with Gasteiger partial charge in [-0.15, -0.1) is 0 Å². The van der Waals surface area contributed by atoms with Crippen molar-refractivity contribution in [3.05, 3.63) is 36.1 Å². The molecule has 2 N–H and O–H groups in total. The van der Waals surface area contributed by atoms with Crippen molar-refractivity contribution < 1.29 is 4.79 Å². The van der Waals surface area contributed by atoms with E-state index < -0.39 is 0 Å². The van der Waals surface area contributed by atoms with Crippen molar-refractivity contribution >= 4 is 5.91 Å². The van der Waals surface area contributed by atoms with E-state index in [9.17, 15) is 4.79 Å². The van der Waals surface area contributed by atoms with E-state index in [-0.39, 0.29) is 11.9 Å². The zero-order valence-electron chi connectivity index (χ0n) is 8.66. The van der Waals surface area contributed by atoms with Crippen molar-refractivity contribution in [1.29, 1.82) is 0 Å². The molecule has 1 aliphatic heterocycles. The Morgan fingerprint density at radius 1 is 1.57 bits per heavy atom. The molecule has 0 bridgehead atoms. The SMILES string of the molecule is C=C/C=C\C1=C(N)C(=O)N(C(C)C)C1. The van der Waals surface area contributed by atoms with Gasteiger partial charge in [-0.2, -0.15) is 0 Å². The topological polar surface area (TPSA) is 46.3 Å². The maximum atomic E-state index is 11.6. The number of hydrogen-bond acceptors (Lipinski definition) is 2. The lowest BCUT2D eigenvalue weighted by molar-refractivity contribution is -0.126. The molecular weight excluding hydrogens is 176 g/mol. The quantitative estimate of drug-likeness (QED) is 0.683. The van der Waals surface area contributed by atoms with Crippen LogP contribution in [0.4, 0.5) is 0 Å². The number of nitrogens with zero attached hydrogens (tertiary/aromatic N) is 1. The second kappa shape index (κ2) is 4.13. The Labute approximate surface area is 84.6 Å². The molecule has 76 valence electrons. The number of rotatable bonds is 3. The smallest absolute Gasteiger partial charge is 0.270 e. The van der Waals surface area contributed by atoms with Gasteiger partial charge in [0.25, 0.3) is 5.91 Å². The maximum absolute atomic E-state index is 11.6. The maximum Gasteiger partial charge on any atom is 0.270 e. The Morgan fingerprint density at radius 2 is 2.21 bits per heavy atom. The lowest BCUT2D eigenvalue weighted by Gasteiger charge is -2.20. The van der Waals surface area contributed by atoms with E-state index in [0.29, 0.717) is 12.2 Å². The average Bonchev–Trinajstić information content (AvgIpc) is 2.42. The number of amides is 1. The van der Waals surface area contributed by atoms with Crippen LogP contribution in [0.5, 0.6) is 0 Å². The molecule has 0 atom stereocenters. The minimum absolute atomic E-state index is 0.0660. The van der Waals surface area contributed by atoms with Gasteiger partial charge in [-0.3, -0.25) is 4.79 Å². The van der Waals surface area contributed by atoms with E-state index in [4.69, 9.17) is 5.73 Å². The van der Waals surface area contributed by atoms with Crippen LogP contribution in [0.1, 0.15) is 13.8 Å². The van der Waals surface area contributed by atoms with E-state index >= 15 is 0 Å². The molecule has 0 saturated heterocycles. The molecule has 0 saturated carbocycles. The first-order chi connectivity index (χ1) is 6.57. The summed E-state index contributed by atoms with van der Waals surface area (Å²) in [6, 6.07) is 0.190. The van der Waals surface area contributed by atoms with Crippen molar-refractivity contribution in [2.75, 3.05) is 6.54 Å². The zero-order chi connectivity index (χ0) is 10.7. The van der Waals surface area contributed by atoms with E-state index in [0.717, 1.165) is 5.57 Å². The summed E-state index contributed by atoms with van der Waals surface area (Å²) in [5.74, 6) is -0.0660. The van der Waals surface area contributed by atoms with Gasteiger partial charge in [0.05, 0.1) is 0 Å².